The van der Waals surface area contributed by atoms with Crippen molar-refractivity contribution in [1.29, 1.82) is 0 Å². The average molecular weight is 256 g/mol. The molecule has 100 valence electrons. The summed E-state index contributed by atoms with van der Waals surface area (Å²) in [6, 6.07) is 7.61. The average Bonchev–Trinajstić information content (AvgIpc) is 2.34. The molecular weight excluding hydrogens is 236 g/mol. The van der Waals surface area contributed by atoms with Gasteiger partial charge in [0.2, 0.25) is 0 Å². The first-order valence-electron chi connectivity index (χ1n) is 6.80. The maximum atomic E-state index is 12.1. The largest absolute Gasteiger partial charge is 0.349 e. The van der Waals surface area contributed by atoms with Crippen molar-refractivity contribution >= 4 is 5.91 Å². The summed E-state index contributed by atoms with van der Waals surface area (Å²) in [6.07, 6.45) is 3.74. The minimum Gasteiger partial charge on any atom is -0.349 e. The van der Waals surface area contributed by atoms with Gasteiger partial charge in [0.15, 0.2) is 0 Å². The Bertz CT molecular complexity index is 509. The zero-order valence-corrected chi connectivity index (χ0v) is 11.3. The second-order valence-corrected chi connectivity index (χ2v) is 5.04. The molecule has 0 bridgehead atoms. The zero-order valence-electron chi connectivity index (χ0n) is 11.3. The van der Waals surface area contributed by atoms with E-state index in [1.165, 1.54) is 19.3 Å². The van der Waals surface area contributed by atoms with Crippen LogP contribution in [0, 0.1) is 17.8 Å². The van der Waals surface area contributed by atoms with Crippen LogP contribution in [0.5, 0.6) is 0 Å². The van der Waals surface area contributed by atoms with Crippen LogP contribution < -0.4 is 11.1 Å². The van der Waals surface area contributed by atoms with Crippen LogP contribution in [0.25, 0.3) is 0 Å². The van der Waals surface area contributed by atoms with Crippen LogP contribution in [0.15, 0.2) is 24.3 Å². The number of nitrogens with one attached hydrogen (secondary N) is 1. The predicted octanol–water partition coefficient (Wildman–Crippen LogP) is 1.92. The number of benzene rings is 1. The van der Waals surface area contributed by atoms with E-state index in [9.17, 15) is 4.79 Å². The second-order valence-electron chi connectivity index (χ2n) is 5.04. The number of carbonyl (C=O) groups excluding carboxylic acids is 1. The minimum absolute atomic E-state index is 0.0178. The lowest BCUT2D eigenvalue weighted by Crippen LogP contribution is -2.40. The summed E-state index contributed by atoms with van der Waals surface area (Å²) in [7, 11) is 0. The molecule has 0 spiro atoms. The van der Waals surface area contributed by atoms with E-state index < -0.39 is 0 Å². The summed E-state index contributed by atoms with van der Waals surface area (Å²) < 4.78 is 0. The number of amides is 1. The molecule has 1 aliphatic carbocycles. The van der Waals surface area contributed by atoms with Gasteiger partial charge in [-0.25, -0.2) is 0 Å². The smallest absolute Gasteiger partial charge is 0.251 e. The molecule has 1 atom stereocenters. The molecule has 0 aliphatic heterocycles. The van der Waals surface area contributed by atoms with Crippen molar-refractivity contribution in [1.82, 2.24) is 5.32 Å². The first-order chi connectivity index (χ1) is 9.20. The second kappa shape index (κ2) is 6.40. The monoisotopic (exact) mass is 256 g/mol. The van der Waals surface area contributed by atoms with Crippen molar-refractivity contribution < 1.29 is 4.79 Å². The quantitative estimate of drug-likeness (QED) is 0.812. The van der Waals surface area contributed by atoms with Gasteiger partial charge in [-0.05, 0) is 43.9 Å². The zero-order chi connectivity index (χ0) is 13.7. The van der Waals surface area contributed by atoms with E-state index in [4.69, 9.17) is 5.73 Å². The van der Waals surface area contributed by atoms with Crippen LogP contribution in [0.3, 0.4) is 0 Å². The third-order valence-electron chi connectivity index (χ3n) is 3.68. The van der Waals surface area contributed by atoms with Gasteiger partial charge in [-0.3, -0.25) is 4.79 Å². The predicted molar refractivity (Wildman–Crippen MR) is 76.6 cm³/mol. The summed E-state index contributed by atoms with van der Waals surface area (Å²) in [5.41, 5.74) is 6.83. The summed E-state index contributed by atoms with van der Waals surface area (Å²) in [4.78, 5) is 12.1. The normalized spacial score (nSPS) is 15.9. The summed E-state index contributed by atoms with van der Waals surface area (Å²) in [5.74, 6) is 6.36. The fraction of sp³-hybridized carbons (Fsp3) is 0.438. The third-order valence-corrected chi connectivity index (χ3v) is 3.68. The van der Waals surface area contributed by atoms with Crippen molar-refractivity contribution in [3.8, 4) is 11.8 Å². The number of hydrogen-bond donors (Lipinski definition) is 2. The van der Waals surface area contributed by atoms with E-state index in [1.807, 2.05) is 24.3 Å². The Morgan fingerprint density at radius 3 is 2.95 bits per heavy atom. The SMILES string of the molecule is CC(NC(=O)c1cccc(C#CCN)c1)C1CCC1. The molecule has 19 heavy (non-hydrogen) atoms. The van der Waals surface area contributed by atoms with Crippen molar-refractivity contribution in [3.63, 3.8) is 0 Å². The molecule has 1 saturated carbocycles. The fourth-order valence-corrected chi connectivity index (χ4v) is 2.24. The van der Waals surface area contributed by atoms with Crippen LogP contribution in [-0.2, 0) is 0 Å². The lowest BCUT2D eigenvalue weighted by Gasteiger charge is -2.31. The van der Waals surface area contributed by atoms with Crippen LogP contribution >= 0.6 is 0 Å². The molecule has 0 saturated heterocycles. The van der Waals surface area contributed by atoms with Gasteiger partial charge in [0.05, 0.1) is 6.54 Å². The Hall–Kier alpha value is -1.79. The molecule has 1 fully saturated rings. The molecule has 0 radical (unpaired) electrons. The van der Waals surface area contributed by atoms with Gasteiger partial charge in [0.25, 0.3) is 5.91 Å². The van der Waals surface area contributed by atoms with Crippen LogP contribution in [0.1, 0.15) is 42.1 Å². The van der Waals surface area contributed by atoms with Crippen LogP contribution in [0.4, 0.5) is 0 Å². The fourth-order valence-electron chi connectivity index (χ4n) is 2.24. The lowest BCUT2D eigenvalue weighted by molar-refractivity contribution is 0.0909. The highest BCUT2D eigenvalue weighted by molar-refractivity contribution is 5.94. The Morgan fingerprint density at radius 2 is 2.32 bits per heavy atom. The number of carbonyl (C=O) groups is 1. The maximum absolute atomic E-state index is 12.1. The first-order valence-corrected chi connectivity index (χ1v) is 6.80. The van der Waals surface area contributed by atoms with Crippen LogP contribution in [-0.4, -0.2) is 18.5 Å². The Morgan fingerprint density at radius 1 is 1.53 bits per heavy atom. The summed E-state index contributed by atoms with van der Waals surface area (Å²) in [6.45, 7) is 2.41. The van der Waals surface area contributed by atoms with E-state index >= 15 is 0 Å². The van der Waals surface area contributed by atoms with E-state index in [0.717, 1.165) is 5.56 Å². The molecule has 1 unspecified atom stereocenters. The van der Waals surface area contributed by atoms with Gasteiger partial charge >= 0.3 is 0 Å². The molecule has 3 N–H and O–H groups in total. The topological polar surface area (TPSA) is 55.1 Å². The van der Waals surface area contributed by atoms with E-state index in [2.05, 4.69) is 24.1 Å². The minimum atomic E-state index is -0.0178. The molecule has 1 aromatic rings. The van der Waals surface area contributed by atoms with E-state index in [1.54, 1.807) is 0 Å². The number of nitrogens with two attached hydrogens (primary N) is 1. The molecule has 3 heteroatoms. The maximum Gasteiger partial charge on any atom is 0.251 e. The Kier molecular flexibility index (Phi) is 4.59. The highest BCUT2D eigenvalue weighted by Gasteiger charge is 2.25. The van der Waals surface area contributed by atoms with Crippen molar-refractivity contribution in [2.24, 2.45) is 11.7 Å². The Balaban J connectivity index is 2.01. The molecule has 1 amide bonds. The van der Waals surface area contributed by atoms with Gasteiger partial charge < -0.3 is 11.1 Å². The highest BCUT2D eigenvalue weighted by atomic mass is 16.1. The van der Waals surface area contributed by atoms with E-state index in [-0.39, 0.29) is 11.9 Å². The molecule has 0 heterocycles. The number of rotatable bonds is 3. The van der Waals surface area contributed by atoms with Gasteiger partial charge in [-0.2, -0.15) is 0 Å². The number of hydrogen-bond acceptors (Lipinski definition) is 2. The summed E-state index contributed by atoms with van der Waals surface area (Å²) in [5, 5.41) is 3.07. The van der Waals surface area contributed by atoms with Gasteiger partial charge in [-0.15, -0.1) is 0 Å². The summed E-state index contributed by atoms with van der Waals surface area (Å²) >= 11 is 0. The molecular formula is C16H20N2O. The van der Waals surface area contributed by atoms with Gasteiger partial charge in [-0.1, -0.05) is 24.3 Å². The first kappa shape index (κ1) is 13.6. The molecule has 2 rings (SSSR count). The third kappa shape index (κ3) is 3.59. The van der Waals surface area contributed by atoms with Crippen molar-refractivity contribution in [2.75, 3.05) is 6.54 Å². The standard InChI is InChI=1S/C16H20N2O/c1-12(14-7-3-8-14)18-16(19)15-9-2-5-13(11-15)6-4-10-17/h2,5,9,11-12,14H,3,7-8,10,17H2,1H3,(H,18,19). The van der Waals surface area contributed by atoms with E-state index in [0.29, 0.717) is 18.0 Å². The molecule has 1 aromatic carbocycles. The van der Waals surface area contributed by atoms with Crippen molar-refractivity contribution in [3.05, 3.63) is 35.4 Å². The van der Waals surface area contributed by atoms with Gasteiger partial charge in [0, 0.05) is 17.2 Å². The van der Waals surface area contributed by atoms with Gasteiger partial charge in [0.1, 0.15) is 0 Å². The van der Waals surface area contributed by atoms with Crippen molar-refractivity contribution in [2.45, 2.75) is 32.2 Å². The highest BCUT2D eigenvalue weighted by Crippen LogP contribution is 2.29. The molecule has 3 nitrogen and oxygen atoms in total. The molecule has 1 aliphatic rings. The van der Waals surface area contributed by atoms with Crippen LogP contribution in [0.2, 0.25) is 0 Å². The lowest BCUT2D eigenvalue weighted by atomic mass is 9.80. The Labute approximate surface area is 114 Å². The molecule has 0 aromatic heterocycles.